The number of carbonyl (C=O) groups is 2. The van der Waals surface area contributed by atoms with Crippen LogP contribution in [0.25, 0.3) is 0 Å². The number of hydrogen-bond acceptors (Lipinski definition) is 4. The van der Waals surface area contributed by atoms with Crippen LogP contribution in [0, 0.1) is 11.8 Å². The van der Waals surface area contributed by atoms with Gasteiger partial charge in [-0.2, -0.15) is 0 Å². The fourth-order valence-electron chi connectivity index (χ4n) is 4.54. The molecule has 2 aliphatic carbocycles. The van der Waals surface area contributed by atoms with Gasteiger partial charge in [0.25, 0.3) is 0 Å². The zero-order chi connectivity index (χ0) is 22.3. The van der Waals surface area contributed by atoms with E-state index in [0.717, 1.165) is 56.9 Å². The van der Waals surface area contributed by atoms with Crippen molar-refractivity contribution >= 4 is 11.6 Å². The average molecular weight is 414 g/mol. The van der Waals surface area contributed by atoms with Crippen molar-refractivity contribution in [1.29, 1.82) is 0 Å². The van der Waals surface area contributed by atoms with Crippen molar-refractivity contribution in [3.05, 3.63) is 46.4 Å². The lowest BCUT2D eigenvalue weighted by Gasteiger charge is -2.34. The van der Waals surface area contributed by atoms with Crippen molar-refractivity contribution in [3.63, 3.8) is 0 Å². The molecule has 2 atom stereocenters. The SMILES string of the molecule is C=C(C)C1CCC(C)=C[C@H]1C1=C(O)C(=O)C(CCCCC)=C(NCCCCC)C1=O. The van der Waals surface area contributed by atoms with Crippen LogP contribution in [0.4, 0.5) is 0 Å². The van der Waals surface area contributed by atoms with Gasteiger partial charge in [-0.1, -0.05) is 63.3 Å². The van der Waals surface area contributed by atoms with E-state index in [4.69, 9.17) is 0 Å². The van der Waals surface area contributed by atoms with Gasteiger partial charge in [0.1, 0.15) is 0 Å². The number of unbranched alkanes of at least 4 members (excludes halogenated alkanes) is 4. The van der Waals surface area contributed by atoms with Crippen LogP contribution in [0.2, 0.25) is 0 Å². The van der Waals surface area contributed by atoms with E-state index < -0.39 is 0 Å². The van der Waals surface area contributed by atoms with Gasteiger partial charge in [-0.05, 0) is 51.9 Å². The quantitative estimate of drug-likeness (QED) is 0.243. The third-order valence-corrected chi connectivity index (χ3v) is 6.34. The fourth-order valence-corrected chi connectivity index (χ4v) is 4.54. The Morgan fingerprint density at radius 3 is 2.43 bits per heavy atom. The van der Waals surface area contributed by atoms with Gasteiger partial charge in [0.15, 0.2) is 5.76 Å². The van der Waals surface area contributed by atoms with E-state index in [0.29, 0.717) is 24.2 Å². The number of ketones is 2. The number of carbonyl (C=O) groups excluding carboxylic acids is 2. The molecule has 0 fully saturated rings. The molecular weight excluding hydrogens is 374 g/mol. The first-order valence-electron chi connectivity index (χ1n) is 11.7. The second-order valence-corrected chi connectivity index (χ2v) is 8.90. The van der Waals surface area contributed by atoms with Gasteiger partial charge < -0.3 is 10.4 Å². The molecule has 1 unspecified atom stereocenters. The monoisotopic (exact) mass is 413 g/mol. The zero-order valence-corrected chi connectivity index (χ0v) is 19.3. The number of hydrogen-bond donors (Lipinski definition) is 2. The van der Waals surface area contributed by atoms with E-state index in [1.54, 1.807) is 0 Å². The molecular formula is C26H39NO3. The summed E-state index contributed by atoms with van der Waals surface area (Å²) < 4.78 is 0. The predicted molar refractivity (Wildman–Crippen MR) is 123 cm³/mol. The summed E-state index contributed by atoms with van der Waals surface area (Å²) in [4.78, 5) is 26.8. The number of aliphatic hydroxyl groups excluding tert-OH is 1. The highest BCUT2D eigenvalue weighted by Gasteiger charge is 2.40. The van der Waals surface area contributed by atoms with Crippen molar-refractivity contribution in [2.75, 3.05) is 6.54 Å². The lowest BCUT2D eigenvalue weighted by molar-refractivity contribution is -0.119. The summed E-state index contributed by atoms with van der Waals surface area (Å²) in [7, 11) is 0. The maximum atomic E-state index is 13.6. The lowest BCUT2D eigenvalue weighted by Crippen LogP contribution is -2.36. The summed E-state index contributed by atoms with van der Waals surface area (Å²) in [6.45, 7) is 13.0. The minimum Gasteiger partial charge on any atom is -0.504 e. The molecule has 4 heteroatoms. The fraction of sp³-hybridized carbons (Fsp3) is 0.615. The van der Waals surface area contributed by atoms with Crippen molar-refractivity contribution in [1.82, 2.24) is 5.32 Å². The Hall–Kier alpha value is -2.10. The molecule has 0 saturated carbocycles. The third-order valence-electron chi connectivity index (χ3n) is 6.34. The number of Topliss-reactive ketones (excluding diaryl/α,β-unsaturated/α-hetero) is 2. The van der Waals surface area contributed by atoms with Crippen LogP contribution in [0.15, 0.2) is 46.4 Å². The maximum absolute atomic E-state index is 13.6. The molecule has 0 radical (unpaired) electrons. The second-order valence-electron chi connectivity index (χ2n) is 8.90. The molecule has 4 nitrogen and oxygen atoms in total. The van der Waals surface area contributed by atoms with Crippen molar-refractivity contribution in [3.8, 4) is 0 Å². The van der Waals surface area contributed by atoms with Gasteiger partial charge in [0.05, 0.1) is 11.3 Å². The Morgan fingerprint density at radius 2 is 1.80 bits per heavy atom. The van der Waals surface area contributed by atoms with Gasteiger partial charge >= 0.3 is 0 Å². The summed E-state index contributed by atoms with van der Waals surface area (Å²) in [5.41, 5.74) is 3.30. The van der Waals surface area contributed by atoms with Gasteiger partial charge in [0, 0.05) is 18.0 Å². The van der Waals surface area contributed by atoms with E-state index in [1.165, 1.54) is 5.57 Å². The molecule has 0 heterocycles. The minimum atomic E-state index is -0.379. The van der Waals surface area contributed by atoms with E-state index in [1.807, 2.05) is 13.8 Å². The standard InChI is InChI=1S/C26H39NO3/c1-6-8-10-12-20-23(27-15-11-9-7-2)25(29)22(26(30)24(20)28)21-16-18(5)13-14-19(21)17(3)4/h16,19,21,27,30H,3,6-15H2,1-2,4-5H3/t19?,21-/m1/s1. The normalized spacial score (nSPS) is 22.5. The summed E-state index contributed by atoms with van der Waals surface area (Å²) in [6, 6.07) is 0. The summed E-state index contributed by atoms with van der Waals surface area (Å²) in [5.74, 6) is -1.18. The van der Waals surface area contributed by atoms with Crippen LogP contribution in [0.3, 0.4) is 0 Å². The van der Waals surface area contributed by atoms with Crippen LogP contribution in [-0.2, 0) is 9.59 Å². The first-order valence-corrected chi connectivity index (χ1v) is 11.7. The molecule has 0 saturated heterocycles. The molecule has 0 aliphatic heterocycles. The van der Waals surface area contributed by atoms with Crippen LogP contribution >= 0.6 is 0 Å². The molecule has 0 spiro atoms. The number of rotatable bonds is 11. The lowest BCUT2D eigenvalue weighted by atomic mass is 9.70. The van der Waals surface area contributed by atoms with Crippen LogP contribution in [-0.4, -0.2) is 23.2 Å². The molecule has 0 amide bonds. The highest BCUT2D eigenvalue weighted by Crippen LogP contribution is 2.41. The Morgan fingerprint density at radius 1 is 1.13 bits per heavy atom. The molecule has 2 rings (SSSR count). The minimum absolute atomic E-state index is 0.0607. The van der Waals surface area contributed by atoms with E-state index in [-0.39, 0.29) is 34.7 Å². The summed E-state index contributed by atoms with van der Waals surface area (Å²) in [5, 5.41) is 14.2. The van der Waals surface area contributed by atoms with E-state index in [2.05, 4.69) is 31.8 Å². The number of aliphatic hydroxyl groups is 1. The topological polar surface area (TPSA) is 66.4 Å². The molecule has 166 valence electrons. The Kier molecular flexibility index (Phi) is 9.13. The summed E-state index contributed by atoms with van der Waals surface area (Å²) >= 11 is 0. The molecule has 0 aromatic rings. The molecule has 0 aromatic carbocycles. The van der Waals surface area contributed by atoms with E-state index in [9.17, 15) is 14.7 Å². The zero-order valence-electron chi connectivity index (χ0n) is 19.3. The highest BCUT2D eigenvalue weighted by molar-refractivity contribution is 6.24. The van der Waals surface area contributed by atoms with Crippen LogP contribution in [0.5, 0.6) is 0 Å². The van der Waals surface area contributed by atoms with Gasteiger partial charge in [0.2, 0.25) is 11.6 Å². The van der Waals surface area contributed by atoms with Crippen LogP contribution < -0.4 is 5.32 Å². The van der Waals surface area contributed by atoms with Gasteiger partial charge in [-0.3, -0.25) is 9.59 Å². The third kappa shape index (κ3) is 5.53. The highest BCUT2D eigenvalue weighted by atomic mass is 16.3. The average Bonchev–Trinajstić information content (AvgIpc) is 2.70. The largest absolute Gasteiger partial charge is 0.504 e. The Labute approximate surface area is 182 Å². The molecule has 2 aliphatic rings. The number of allylic oxidation sites excluding steroid dienone is 5. The van der Waals surface area contributed by atoms with Crippen LogP contribution in [0.1, 0.15) is 85.5 Å². The Bertz CT molecular complexity index is 769. The van der Waals surface area contributed by atoms with E-state index >= 15 is 0 Å². The molecule has 0 bridgehead atoms. The van der Waals surface area contributed by atoms with Crippen molar-refractivity contribution in [2.24, 2.45) is 11.8 Å². The van der Waals surface area contributed by atoms with Crippen molar-refractivity contribution in [2.45, 2.75) is 85.5 Å². The number of nitrogens with one attached hydrogen (secondary N) is 1. The first kappa shape index (κ1) is 24.2. The van der Waals surface area contributed by atoms with Crippen molar-refractivity contribution < 1.29 is 14.7 Å². The Balaban J connectivity index is 2.43. The maximum Gasteiger partial charge on any atom is 0.225 e. The van der Waals surface area contributed by atoms with Gasteiger partial charge in [-0.25, -0.2) is 0 Å². The first-order chi connectivity index (χ1) is 14.3. The second kappa shape index (κ2) is 11.3. The predicted octanol–water partition coefficient (Wildman–Crippen LogP) is 6.11. The smallest absolute Gasteiger partial charge is 0.225 e. The van der Waals surface area contributed by atoms with Gasteiger partial charge in [-0.15, -0.1) is 0 Å². The molecule has 0 aromatic heterocycles. The molecule has 30 heavy (non-hydrogen) atoms. The summed E-state index contributed by atoms with van der Waals surface area (Å²) in [6.07, 6.45) is 10.4. The molecule has 2 N–H and O–H groups in total.